The largest absolute Gasteiger partial charge is 0.451 e. The van der Waals surface area contributed by atoms with E-state index in [1.807, 2.05) is 31.7 Å². The Labute approximate surface area is 339 Å². The number of nitrogens with one attached hydrogen (secondary N) is 1. The quantitative estimate of drug-likeness (QED) is 0.142. The van der Waals surface area contributed by atoms with E-state index in [2.05, 4.69) is 25.6 Å². The molecule has 0 aliphatic carbocycles. The number of rotatable bonds is 10. The summed E-state index contributed by atoms with van der Waals surface area (Å²) in [5.74, 6) is -2.48. The first-order valence-corrected chi connectivity index (χ1v) is 18.7. The van der Waals surface area contributed by atoms with Crippen molar-refractivity contribution in [1.82, 2.24) is 39.7 Å². The first-order valence-electron chi connectivity index (χ1n) is 18.3. The van der Waals surface area contributed by atoms with Crippen LogP contribution in [0.15, 0.2) is 84.1 Å². The summed E-state index contributed by atoms with van der Waals surface area (Å²) in [4.78, 5) is 40.2. The summed E-state index contributed by atoms with van der Waals surface area (Å²) in [6, 6.07) is 18.7. The average Bonchev–Trinajstić information content (AvgIpc) is 3.92. The number of nitrogens with zero attached hydrogens (tertiary/aromatic N) is 9. The number of aliphatic hydroxyl groups excluding tert-OH is 1. The van der Waals surface area contributed by atoms with Gasteiger partial charge in [0.05, 0.1) is 29.9 Å². The summed E-state index contributed by atoms with van der Waals surface area (Å²) < 4.78 is 75.6. The van der Waals surface area contributed by atoms with Crippen molar-refractivity contribution < 1.29 is 41.4 Å². The second-order valence-corrected chi connectivity index (χ2v) is 15.6. The maximum absolute atomic E-state index is 15.2. The molecule has 310 valence electrons. The molecule has 3 aromatic carbocycles. The number of amides is 2. The fourth-order valence-electron chi connectivity index (χ4n) is 7.33. The predicted molar refractivity (Wildman–Crippen MR) is 203 cm³/mol. The fraction of sp³-hybridized carbons (Fsp3) is 0.359. The standard InChI is InChI=1S/C39H38ClF5N10O4/c1-37(2,3)21-38(25-10-12-26(13-11-25)52-15-16-53-30(18-52)50-51-33(53)39(43,44)45)34(57)54(35(49-38)48-36(58)59-20-23-7-5-4-6-8-23)29(19-56)24-9-14-27(40)28(17-24)55-32(31(41)42)46-22-47-55/h4-14,17,22,29,31,56H,15-16,18-21H2,1-3H3,(H,48,49,58)/t29-,38-/m1/s1. The number of aliphatic hydroxyl groups is 1. The fourth-order valence-corrected chi connectivity index (χ4v) is 7.53. The van der Waals surface area contributed by atoms with Gasteiger partial charge in [-0.3, -0.25) is 15.0 Å². The Kier molecular flexibility index (Phi) is 11.2. The molecule has 0 bridgehead atoms. The van der Waals surface area contributed by atoms with Gasteiger partial charge in [-0.15, -0.1) is 10.2 Å². The van der Waals surface area contributed by atoms with Gasteiger partial charge in [0.1, 0.15) is 12.9 Å². The lowest BCUT2D eigenvalue weighted by atomic mass is 9.75. The number of guanidine groups is 1. The summed E-state index contributed by atoms with van der Waals surface area (Å²) in [5, 5.41) is 24.7. The van der Waals surface area contributed by atoms with E-state index in [0.29, 0.717) is 16.8 Å². The van der Waals surface area contributed by atoms with E-state index in [4.69, 9.17) is 21.3 Å². The number of carbonyl (C=O) groups excluding carboxylic acids is 2. The van der Waals surface area contributed by atoms with Crippen molar-refractivity contribution in [2.24, 2.45) is 10.4 Å². The van der Waals surface area contributed by atoms with Gasteiger partial charge in [-0.05, 0) is 52.8 Å². The number of hydrogen-bond donors (Lipinski definition) is 2. The van der Waals surface area contributed by atoms with Crippen LogP contribution < -0.4 is 10.2 Å². The highest BCUT2D eigenvalue weighted by molar-refractivity contribution is 6.32. The van der Waals surface area contributed by atoms with Gasteiger partial charge in [0.15, 0.2) is 17.2 Å². The third-order valence-electron chi connectivity index (χ3n) is 9.86. The van der Waals surface area contributed by atoms with Crippen LogP contribution in [0, 0.1) is 5.41 Å². The number of alkyl carbamates (subject to hydrolysis) is 1. The van der Waals surface area contributed by atoms with Gasteiger partial charge < -0.3 is 19.3 Å². The van der Waals surface area contributed by atoms with Crippen LogP contribution in [-0.4, -0.2) is 70.6 Å². The zero-order valence-corrected chi connectivity index (χ0v) is 32.6. The molecule has 14 nitrogen and oxygen atoms in total. The van der Waals surface area contributed by atoms with E-state index in [0.717, 1.165) is 20.5 Å². The number of aromatic nitrogens is 6. The van der Waals surface area contributed by atoms with E-state index >= 15 is 4.79 Å². The minimum atomic E-state index is -4.65. The van der Waals surface area contributed by atoms with Crippen LogP contribution in [0.4, 0.5) is 32.4 Å². The number of aliphatic imine (C=N–C) groups is 1. The van der Waals surface area contributed by atoms with E-state index in [1.165, 1.54) is 18.2 Å². The Bertz CT molecular complexity index is 2370. The molecule has 2 aliphatic rings. The molecular formula is C39H38ClF5N10O4. The Hall–Kier alpha value is -5.95. The van der Waals surface area contributed by atoms with Crippen LogP contribution in [0.1, 0.15) is 73.8 Å². The van der Waals surface area contributed by atoms with E-state index in [-0.39, 0.29) is 60.7 Å². The summed E-state index contributed by atoms with van der Waals surface area (Å²) >= 11 is 6.46. The van der Waals surface area contributed by atoms with Crippen LogP contribution in [0.2, 0.25) is 5.02 Å². The first kappa shape index (κ1) is 41.2. The minimum Gasteiger partial charge on any atom is -0.444 e. The Morgan fingerprint density at radius 1 is 1.02 bits per heavy atom. The lowest BCUT2D eigenvalue weighted by molar-refractivity contribution is -0.147. The number of fused-ring (bicyclic) bond motifs is 1. The number of ether oxygens (including phenoxy) is 1. The molecule has 2 amide bonds. The summed E-state index contributed by atoms with van der Waals surface area (Å²) in [6.07, 6.45) is -7.55. The number of benzene rings is 3. The molecule has 0 unspecified atom stereocenters. The van der Waals surface area contributed by atoms with Gasteiger partial charge in [-0.2, -0.15) is 18.3 Å². The number of carbonyl (C=O) groups is 2. The third kappa shape index (κ3) is 8.34. The van der Waals surface area contributed by atoms with Crippen molar-refractivity contribution in [2.45, 2.75) is 71.1 Å². The van der Waals surface area contributed by atoms with Gasteiger partial charge in [-0.1, -0.05) is 80.9 Å². The van der Waals surface area contributed by atoms with Crippen molar-refractivity contribution in [2.75, 3.05) is 18.1 Å². The Morgan fingerprint density at radius 3 is 2.41 bits per heavy atom. The average molecular weight is 841 g/mol. The summed E-state index contributed by atoms with van der Waals surface area (Å²) in [5.41, 5.74) is -0.290. The van der Waals surface area contributed by atoms with Crippen LogP contribution in [0.25, 0.3) is 5.69 Å². The molecular weight excluding hydrogens is 803 g/mol. The molecule has 2 aliphatic heterocycles. The SMILES string of the molecule is CC(C)(C)C[C@]1(c2ccc(N3CCn4c(nnc4C(F)(F)F)C3)cc2)N=C(NC(=O)OCc2ccccc2)N([C@H](CO)c2ccc(Cl)c(-n3ncnc3C(F)F)c2)C1=O. The second kappa shape index (κ2) is 16.0. The number of anilines is 1. The third-order valence-corrected chi connectivity index (χ3v) is 10.2. The van der Waals surface area contributed by atoms with Crippen LogP contribution in [-0.2, 0) is 40.9 Å². The van der Waals surface area contributed by atoms with Gasteiger partial charge in [0.2, 0.25) is 11.8 Å². The maximum atomic E-state index is 15.2. The molecule has 7 rings (SSSR count). The van der Waals surface area contributed by atoms with E-state index in [9.17, 15) is 31.9 Å². The predicted octanol–water partition coefficient (Wildman–Crippen LogP) is 6.98. The molecule has 20 heteroatoms. The van der Waals surface area contributed by atoms with Crippen LogP contribution >= 0.6 is 11.6 Å². The molecule has 0 saturated carbocycles. The maximum Gasteiger partial charge on any atom is 0.451 e. The molecule has 4 heterocycles. The van der Waals surface area contributed by atoms with Crippen LogP contribution in [0.3, 0.4) is 0 Å². The van der Waals surface area contributed by atoms with Crippen molar-refractivity contribution in [3.8, 4) is 5.69 Å². The Balaban J connectivity index is 1.27. The molecule has 0 saturated heterocycles. The molecule has 0 radical (unpaired) electrons. The topological polar surface area (TPSA) is 156 Å². The highest BCUT2D eigenvalue weighted by Gasteiger charge is 2.54. The number of alkyl halides is 5. The van der Waals surface area contributed by atoms with Gasteiger partial charge in [0.25, 0.3) is 12.3 Å². The van der Waals surface area contributed by atoms with Crippen molar-refractivity contribution in [3.63, 3.8) is 0 Å². The van der Waals surface area contributed by atoms with Crippen LogP contribution in [0.5, 0.6) is 0 Å². The molecule has 0 fully saturated rings. The molecule has 2 N–H and O–H groups in total. The summed E-state index contributed by atoms with van der Waals surface area (Å²) in [7, 11) is 0. The Morgan fingerprint density at radius 2 is 1.75 bits per heavy atom. The zero-order chi connectivity index (χ0) is 42.3. The number of halogens is 6. The monoisotopic (exact) mass is 840 g/mol. The zero-order valence-electron chi connectivity index (χ0n) is 31.9. The smallest absolute Gasteiger partial charge is 0.444 e. The highest BCUT2D eigenvalue weighted by atomic mass is 35.5. The molecule has 5 aromatic rings. The van der Waals surface area contributed by atoms with Gasteiger partial charge in [-0.25, -0.2) is 28.2 Å². The van der Waals surface area contributed by atoms with Crippen molar-refractivity contribution in [1.29, 1.82) is 0 Å². The number of hydrogen-bond acceptors (Lipinski definition) is 10. The molecule has 59 heavy (non-hydrogen) atoms. The molecule has 0 spiro atoms. The van der Waals surface area contributed by atoms with Crippen molar-refractivity contribution >= 4 is 35.2 Å². The minimum absolute atomic E-state index is 0.00193. The second-order valence-electron chi connectivity index (χ2n) is 15.2. The summed E-state index contributed by atoms with van der Waals surface area (Å²) in [6.45, 7) is 5.16. The van der Waals surface area contributed by atoms with Gasteiger partial charge >= 0.3 is 12.3 Å². The highest BCUT2D eigenvalue weighted by Crippen LogP contribution is 2.46. The van der Waals surface area contributed by atoms with E-state index in [1.54, 1.807) is 48.5 Å². The molecule has 2 aromatic heterocycles. The van der Waals surface area contributed by atoms with Crippen molar-refractivity contribution in [3.05, 3.63) is 118 Å². The first-order chi connectivity index (χ1) is 28.0. The normalized spacial score (nSPS) is 17.6. The lowest BCUT2D eigenvalue weighted by Crippen LogP contribution is -2.49. The lowest BCUT2D eigenvalue weighted by Gasteiger charge is -2.35. The van der Waals surface area contributed by atoms with Gasteiger partial charge in [0, 0.05) is 18.8 Å². The molecule has 2 atom stereocenters. The van der Waals surface area contributed by atoms with E-state index < -0.39 is 59.9 Å².